The second kappa shape index (κ2) is 5.87. The second-order valence-corrected chi connectivity index (χ2v) is 5.40. The molecule has 8 heteroatoms. The first-order chi connectivity index (χ1) is 8.97. The van der Waals surface area contributed by atoms with E-state index >= 15 is 0 Å². The normalized spacial score (nSPS) is 22.4. The number of halogens is 1. The lowest BCUT2D eigenvalue weighted by Gasteiger charge is -2.15. The molecule has 1 aliphatic rings. The van der Waals surface area contributed by atoms with E-state index in [4.69, 9.17) is 9.47 Å². The Morgan fingerprint density at radius 2 is 2.32 bits per heavy atom. The van der Waals surface area contributed by atoms with Gasteiger partial charge in [-0.3, -0.25) is 19.1 Å². The van der Waals surface area contributed by atoms with Gasteiger partial charge in [0.1, 0.15) is 12.8 Å². The number of nitrogens with zero attached hydrogens (tertiary/aromatic N) is 1. The molecule has 1 fully saturated rings. The van der Waals surface area contributed by atoms with Crippen LogP contribution in [-0.4, -0.2) is 28.2 Å². The Morgan fingerprint density at radius 1 is 1.58 bits per heavy atom. The molecule has 0 aromatic carbocycles. The molecule has 0 aliphatic carbocycles. The molecule has 1 aromatic heterocycles. The van der Waals surface area contributed by atoms with Crippen molar-refractivity contribution in [2.24, 2.45) is 0 Å². The second-order valence-electron chi connectivity index (χ2n) is 4.24. The third kappa shape index (κ3) is 3.44. The van der Waals surface area contributed by atoms with Gasteiger partial charge in [-0.15, -0.1) is 0 Å². The number of carbonyl (C=O) groups excluding carboxylic acids is 1. The highest BCUT2D eigenvalue weighted by Crippen LogP contribution is 2.27. The minimum absolute atomic E-state index is 0.182. The minimum atomic E-state index is -0.497. The van der Waals surface area contributed by atoms with Gasteiger partial charge in [0.2, 0.25) is 0 Å². The first-order valence-corrected chi connectivity index (χ1v) is 6.85. The fourth-order valence-corrected chi connectivity index (χ4v) is 2.33. The minimum Gasteiger partial charge on any atom is -0.463 e. The van der Waals surface area contributed by atoms with Gasteiger partial charge in [0.25, 0.3) is 5.56 Å². The molecule has 104 valence electrons. The zero-order valence-corrected chi connectivity index (χ0v) is 12.4. The molecule has 1 aliphatic heterocycles. The summed E-state index contributed by atoms with van der Waals surface area (Å²) in [5.74, 6) is -0.359. The molecule has 2 heterocycles. The molecule has 0 amide bonds. The van der Waals surface area contributed by atoms with E-state index in [9.17, 15) is 14.4 Å². The van der Waals surface area contributed by atoms with Crippen molar-refractivity contribution in [3.05, 3.63) is 30.6 Å². The molecule has 0 saturated carbocycles. The Kier molecular flexibility index (Phi) is 4.40. The summed E-state index contributed by atoms with van der Waals surface area (Å²) in [4.78, 5) is 35.9. The number of hydrogen-bond acceptors (Lipinski definition) is 5. The number of nitrogens with one attached hydrogen (secondary N) is 1. The molecule has 2 atom stereocenters. The summed E-state index contributed by atoms with van der Waals surface area (Å²) in [6.07, 6.45) is 2.15. The number of hydrogen-bond donors (Lipinski definition) is 1. The Bertz CT molecular complexity index is 593. The average molecular weight is 380 g/mol. The van der Waals surface area contributed by atoms with E-state index in [0.29, 0.717) is 16.4 Å². The summed E-state index contributed by atoms with van der Waals surface area (Å²) < 4.78 is 12.3. The van der Waals surface area contributed by atoms with E-state index < -0.39 is 17.5 Å². The zero-order chi connectivity index (χ0) is 14.0. The van der Waals surface area contributed by atoms with Crippen molar-refractivity contribution in [2.75, 3.05) is 6.61 Å². The van der Waals surface area contributed by atoms with E-state index in [1.165, 1.54) is 17.7 Å². The molecular formula is C11H13IN2O5. The molecule has 19 heavy (non-hydrogen) atoms. The maximum atomic E-state index is 11.7. The Labute approximate surface area is 122 Å². The van der Waals surface area contributed by atoms with E-state index in [1.807, 2.05) is 22.6 Å². The molecular weight excluding hydrogens is 367 g/mol. The van der Waals surface area contributed by atoms with E-state index in [2.05, 4.69) is 4.98 Å². The number of aromatic nitrogens is 2. The van der Waals surface area contributed by atoms with Crippen LogP contribution in [0.5, 0.6) is 0 Å². The summed E-state index contributed by atoms with van der Waals surface area (Å²) in [5, 5.41) is 0. The molecule has 2 unspecified atom stereocenters. The maximum Gasteiger partial charge on any atom is 0.330 e. The number of aromatic amines is 1. The van der Waals surface area contributed by atoms with Crippen LogP contribution in [0.4, 0.5) is 0 Å². The molecule has 2 rings (SSSR count). The lowest BCUT2D eigenvalue weighted by atomic mass is 10.2. The van der Waals surface area contributed by atoms with E-state index in [1.54, 1.807) is 0 Å². The molecule has 1 N–H and O–H groups in total. The largest absolute Gasteiger partial charge is 0.463 e. The maximum absolute atomic E-state index is 11.7. The molecule has 1 saturated heterocycles. The average Bonchev–Trinajstić information content (AvgIpc) is 2.80. The third-order valence-electron chi connectivity index (χ3n) is 2.79. The van der Waals surface area contributed by atoms with Gasteiger partial charge >= 0.3 is 11.7 Å². The van der Waals surface area contributed by atoms with Crippen LogP contribution in [0.15, 0.2) is 15.8 Å². The van der Waals surface area contributed by atoms with Crippen LogP contribution in [0.25, 0.3) is 0 Å². The number of ether oxygens (including phenoxy) is 2. The van der Waals surface area contributed by atoms with Crippen molar-refractivity contribution in [3.63, 3.8) is 0 Å². The smallest absolute Gasteiger partial charge is 0.330 e. The highest BCUT2D eigenvalue weighted by Gasteiger charge is 2.28. The lowest BCUT2D eigenvalue weighted by molar-refractivity contribution is -0.145. The van der Waals surface area contributed by atoms with Crippen LogP contribution in [-0.2, 0) is 14.3 Å². The fourth-order valence-electron chi connectivity index (χ4n) is 1.90. The third-order valence-corrected chi connectivity index (χ3v) is 3.56. The van der Waals surface area contributed by atoms with Gasteiger partial charge in [-0.1, -0.05) is 0 Å². The van der Waals surface area contributed by atoms with Crippen molar-refractivity contribution in [1.82, 2.24) is 9.55 Å². The lowest BCUT2D eigenvalue weighted by Crippen LogP contribution is -2.33. The van der Waals surface area contributed by atoms with Crippen LogP contribution < -0.4 is 11.2 Å². The van der Waals surface area contributed by atoms with Crippen LogP contribution in [0.1, 0.15) is 26.0 Å². The first kappa shape index (κ1) is 14.3. The molecule has 1 aromatic rings. The van der Waals surface area contributed by atoms with E-state index in [-0.39, 0.29) is 18.7 Å². The van der Waals surface area contributed by atoms with Crippen molar-refractivity contribution in [2.45, 2.75) is 32.1 Å². The van der Waals surface area contributed by atoms with Gasteiger partial charge in [-0.2, -0.15) is 0 Å². The summed E-state index contributed by atoms with van der Waals surface area (Å²) in [6.45, 7) is 1.52. The number of rotatable bonds is 3. The molecule has 0 radical (unpaired) electrons. The monoisotopic (exact) mass is 380 g/mol. The summed E-state index contributed by atoms with van der Waals surface area (Å²) >= 11 is 1.86. The Hall–Kier alpha value is -1.16. The van der Waals surface area contributed by atoms with Gasteiger partial charge in [0, 0.05) is 13.1 Å². The molecule has 0 spiro atoms. The number of H-pyrrole nitrogens is 1. The Balaban J connectivity index is 2.09. The topological polar surface area (TPSA) is 90.4 Å². The van der Waals surface area contributed by atoms with Crippen molar-refractivity contribution < 1.29 is 14.3 Å². The van der Waals surface area contributed by atoms with Crippen molar-refractivity contribution >= 4 is 28.6 Å². The van der Waals surface area contributed by atoms with Gasteiger partial charge in [-0.25, -0.2) is 4.79 Å². The first-order valence-electron chi connectivity index (χ1n) is 5.77. The standard InChI is InChI=1S/C11H13IN2O5/c1-6(15)18-5-7-2-3-9(19-7)14-4-8(12)10(16)13-11(14)17/h4,7,9H,2-3,5H2,1H3,(H,13,16,17). The molecule has 7 nitrogen and oxygen atoms in total. The quantitative estimate of drug-likeness (QED) is 0.605. The van der Waals surface area contributed by atoms with Crippen LogP contribution in [0, 0.1) is 3.57 Å². The highest BCUT2D eigenvalue weighted by molar-refractivity contribution is 14.1. The van der Waals surface area contributed by atoms with Crippen molar-refractivity contribution in [3.8, 4) is 0 Å². The van der Waals surface area contributed by atoms with Gasteiger partial charge in [0.15, 0.2) is 0 Å². The fraction of sp³-hybridized carbons (Fsp3) is 0.545. The van der Waals surface area contributed by atoms with Crippen LogP contribution >= 0.6 is 22.6 Å². The van der Waals surface area contributed by atoms with Gasteiger partial charge in [0.05, 0.1) is 9.67 Å². The van der Waals surface area contributed by atoms with Gasteiger partial charge in [-0.05, 0) is 35.4 Å². The SMILES string of the molecule is CC(=O)OCC1CCC(n2cc(I)c(=O)[nH]c2=O)O1. The molecule has 0 bridgehead atoms. The van der Waals surface area contributed by atoms with Gasteiger partial charge < -0.3 is 9.47 Å². The predicted octanol–water partition coefficient (Wildman–Crippen LogP) is 0.382. The van der Waals surface area contributed by atoms with Crippen LogP contribution in [0.3, 0.4) is 0 Å². The zero-order valence-electron chi connectivity index (χ0n) is 10.2. The number of esters is 1. The summed E-state index contributed by atoms with van der Waals surface area (Å²) in [6, 6.07) is 0. The van der Waals surface area contributed by atoms with E-state index in [0.717, 1.165) is 0 Å². The van der Waals surface area contributed by atoms with Crippen LogP contribution in [0.2, 0.25) is 0 Å². The summed E-state index contributed by atoms with van der Waals surface area (Å²) in [7, 11) is 0. The Morgan fingerprint density at radius 3 is 3.00 bits per heavy atom. The highest BCUT2D eigenvalue weighted by atomic mass is 127. The summed E-state index contributed by atoms with van der Waals surface area (Å²) in [5.41, 5.74) is -0.903. The predicted molar refractivity (Wildman–Crippen MR) is 73.8 cm³/mol. The number of carbonyl (C=O) groups is 1. The van der Waals surface area contributed by atoms with Crippen molar-refractivity contribution in [1.29, 1.82) is 0 Å².